The molecule has 0 aliphatic heterocycles. The van der Waals surface area contributed by atoms with Crippen molar-refractivity contribution in [2.75, 3.05) is 4.90 Å². The predicted octanol–water partition coefficient (Wildman–Crippen LogP) is 6.70. The number of nitrogens with zero attached hydrogens (tertiary/aromatic N) is 2. The van der Waals surface area contributed by atoms with E-state index in [4.69, 9.17) is 0 Å². The van der Waals surface area contributed by atoms with Crippen LogP contribution in [0.5, 0.6) is 0 Å². The number of allylic oxidation sites excluding steroid dienone is 1. The summed E-state index contributed by atoms with van der Waals surface area (Å²) in [5.41, 5.74) is 3.48. The van der Waals surface area contributed by atoms with Crippen molar-refractivity contribution in [3.8, 4) is 6.07 Å². The Balaban J connectivity index is 1.42. The predicted molar refractivity (Wildman–Crippen MR) is 143 cm³/mol. The van der Waals surface area contributed by atoms with Crippen LogP contribution in [0.4, 0.5) is 15.9 Å². The average molecular weight is 529 g/mol. The van der Waals surface area contributed by atoms with Gasteiger partial charge in [0.1, 0.15) is 0 Å². The van der Waals surface area contributed by atoms with Crippen LogP contribution < -0.4 is 4.90 Å². The Hall–Kier alpha value is -4.49. The van der Waals surface area contributed by atoms with Gasteiger partial charge in [-0.1, -0.05) is 0 Å². The summed E-state index contributed by atoms with van der Waals surface area (Å²) in [4.78, 5) is 28.5. The molecule has 6 rings (SSSR count). The molecule has 5 aromatic rings. The zero-order chi connectivity index (χ0) is 24.6. The van der Waals surface area contributed by atoms with Crippen molar-refractivity contribution < 1.29 is 9.59 Å². The molecule has 0 spiro atoms. The van der Waals surface area contributed by atoms with Gasteiger partial charge >= 0.3 is 215 Å². The Kier molecular flexibility index (Phi) is 5.47. The van der Waals surface area contributed by atoms with E-state index < -0.39 is 0 Å². The van der Waals surface area contributed by atoms with Gasteiger partial charge in [-0.25, -0.2) is 0 Å². The minimum atomic E-state index is -0.222. The first-order valence-corrected chi connectivity index (χ1v) is 13.1. The number of hydrogen-bond donors (Lipinski definition) is 0. The number of carbonyl (C=O) groups excluding carboxylic acids is 2. The topological polar surface area (TPSA) is 61.2 Å². The first-order chi connectivity index (χ1) is 17.6. The van der Waals surface area contributed by atoms with E-state index in [1.54, 1.807) is 12.1 Å². The van der Waals surface area contributed by atoms with Crippen LogP contribution in [-0.2, 0) is 0 Å². The third kappa shape index (κ3) is 3.70. The van der Waals surface area contributed by atoms with Crippen LogP contribution in [0.15, 0.2) is 109 Å². The Bertz CT molecular complexity index is 1690. The van der Waals surface area contributed by atoms with Gasteiger partial charge in [-0.15, -0.1) is 0 Å². The van der Waals surface area contributed by atoms with Gasteiger partial charge in [0.05, 0.1) is 0 Å². The second-order valence-electron chi connectivity index (χ2n) is 8.44. The maximum atomic E-state index is 13.2. The third-order valence-corrected chi connectivity index (χ3v) is 8.40. The standard InChI is InChI=1S/C31H18N2O2Se/c32-19-22-10-6-7-13-28(22)33(23-11-2-1-3-12-23)29-15-14-24(36-29)18-27-30(34)25-16-20-8-4-5-9-21(20)17-26(25)31(27)35/h1-18H. The summed E-state index contributed by atoms with van der Waals surface area (Å²) in [6.45, 7) is 0. The number of benzene rings is 4. The molecule has 5 heteroatoms. The fourth-order valence-electron chi connectivity index (χ4n) is 4.55. The molecule has 0 amide bonds. The summed E-state index contributed by atoms with van der Waals surface area (Å²) >= 11 is -0.175. The summed E-state index contributed by atoms with van der Waals surface area (Å²) in [5, 5.41) is 11.6. The fraction of sp³-hybridized carbons (Fsp3) is 0. The van der Waals surface area contributed by atoms with Gasteiger partial charge in [0.15, 0.2) is 0 Å². The van der Waals surface area contributed by atoms with Crippen molar-refractivity contribution in [1.29, 1.82) is 5.26 Å². The number of carbonyl (C=O) groups is 2. The molecule has 1 aliphatic carbocycles. The van der Waals surface area contributed by atoms with Gasteiger partial charge in [0.2, 0.25) is 0 Å². The average Bonchev–Trinajstić information content (AvgIpc) is 3.47. The van der Waals surface area contributed by atoms with Gasteiger partial charge in [-0.3, -0.25) is 0 Å². The van der Waals surface area contributed by atoms with Crippen molar-refractivity contribution in [1.82, 2.24) is 0 Å². The van der Waals surface area contributed by atoms with Crippen molar-refractivity contribution in [2.45, 2.75) is 0 Å². The van der Waals surface area contributed by atoms with Gasteiger partial charge in [0, 0.05) is 0 Å². The molecule has 1 aromatic heterocycles. The van der Waals surface area contributed by atoms with Crippen LogP contribution in [0.25, 0.3) is 16.8 Å². The molecule has 0 unspecified atom stereocenters. The molecule has 0 bridgehead atoms. The van der Waals surface area contributed by atoms with Gasteiger partial charge in [0.25, 0.3) is 0 Å². The Morgan fingerprint density at radius 1 is 0.722 bits per heavy atom. The number of Topliss-reactive ketones (excluding diaryl/α,β-unsaturated/α-hetero) is 2. The third-order valence-electron chi connectivity index (χ3n) is 6.26. The first kappa shape index (κ1) is 22.0. The van der Waals surface area contributed by atoms with Gasteiger partial charge in [-0.05, 0) is 0 Å². The summed E-state index contributed by atoms with van der Waals surface area (Å²) in [6, 6.07) is 35.1. The van der Waals surface area contributed by atoms with Crippen LogP contribution in [0, 0.1) is 11.3 Å². The molecule has 36 heavy (non-hydrogen) atoms. The van der Waals surface area contributed by atoms with Crippen LogP contribution in [0.1, 0.15) is 30.7 Å². The number of para-hydroxylation sites is 2. The molecular weight excluding hydrogens is 511 g/mol. The maximum absolute atomic E-state index is 13.2. The van der Waals surface area contributed by atoms with Crippen LogP contribution in [-0.4, -0.2) is 26.1 Å². The van der Waals surface area contributed by atoms with Crippen LogP contribution >= 0.6 is 0 Å². The quantitative estimate of drug-likeness (QED) is 0.148. The Morgan fingerprint density at radius 3 is 2.00 bits per heavy atom. The van der Waals surface area contributed by atoms with Crippen LogP contribution in [0.3, 0.4) is 0 Å². The second-order valence-corrected chi connectivity index (χ2v) is 10.7. The van der Waals surface area contributed by atoms with E-state index >= 15 is 0 Å². The zero-order valence-electron chi connectivity index (χ0n) is 19.0. The number of nitriles is 1. The molecule has 0 N–H and O–H groups in total. The zero-order valence-corrected chi connectivity index (χ0v) is 20.7. The first-order valence-electron chi connectivity index (χ1n) is 11.4. The molecule has 170 valence electrons. The van der Waals surface area contributed by atoms with E-state index in [0.29, 0.717) is 16.7 Å². The van der Waals surface area contributed by atoms with E-state index in [-0.39, 0.29) is 31.6 Å². The molecule has 0 radical (unpaired) electrons. The molecule has 1 aliphatic rings. The van der Waals surface area contributed by atoms with Gasteiger partial charge in [-0.2, -0.15) is 0 Å². The summed E-state index contributed by atoms with van der Waals surface area (Å²) in [7, 11) is 0. The van der Waals surface area contributed by atoms with Crippen LogP contribution in [0.2, 0.25) is 0 Å². The summed E-state index contributed by atoms with van der Waals surface area (Å²) in [6.07, 6.45) is 1.75. The second kappa shape index (κ2) is 8.94. The van der Waals surface area contributed by atoms with E-state index in [1.165, 1.54) is 0 Å². The summed E-state index contributed by atoms with van der Waals surface area (Å²) < 4.78 is 1.95. The van der Waals surface area contributed by atoms with Crippen molar-refractivity contribution >= 4 is 58.9 Å². The molecule has 0 atom stereocenters. The van der Waals surface area contributed by atoms with Crippen molar-refractivity contribution in [2.24, 2.45) is 0 Å². The molecule has 4 nitrogen and oxygen atoms in total. The SMILES string of the molecule is N#Cc1ccccc1N(c1ccccc1)c1ccc(C=C2C(=O)c3cc4ccccc4cc3C2=O)[se]1. The van der Waals surface area contributed by atoms with E-state index in [0.717, 1.165) is 31.1 Å². The molecule has 0 saturated carbocycles. The number of fused-ring (bicyclic) bond motifs is 2. The normalized spacial score (nSPS) is 12.5. The molecular formula is C31H18N2O2Se. The monoisotopic (exact) mass is 530 g/mol. The number of rotatable bonds is 4. The number of hydrogen-bond acceptors (Lipinski definition) is 4. The number of anilines is 3. The number of ketones is 2. The van der Waals surface area contributed by atoms with Crippen molar-refractivity contribution in [3.63, 3.8) is 0 Å². The molecule has 1 heterocycles. The Labute approximate surface area is 214 Å². The Morgan fingerprint density at radius 2 is 1.33 bits per heavy atom. The minimum absolute atomic E-state index is 0.175. The van der Waals surface area contributed by atoms with Gasteiger partial charge < -0.3 is 0 Å². The summed E-state index contributed by atoms with van der Waals surface area (Å²) in [5.74, 6) is -0.443. The van der Waals surface area contributed by atoms with E-state index in [9.17, 15) is 14.9 Å². The molecule has 4 aromatic carbocycles. The van der Waals surface area contributed by atoms with E-state index in [1.807, 2.05) is 97.1 Å². The van der Waals surface area contributed by atoms with Crippen molar-refractivity contribution in [3.05, 3.63) is 130 Å². The molecule has 0 saturated heterocycles. The molecule has 0 fully saturated rings. The fourth-order valence-corrected chi connectivity index (χ4v) is 6.62. The van der Waals surface area contributed by atoms with E-state index in [2.05, 4.69) is 11.0 Å².